The number of ether oxygens (including phenoxy) is 1. The van der Waals surface area contributed by atoms with Gasteiger partial charge in [-0.1, -0.05) is 22.9 Å². The zero-order chi connectivity index (χ0) is 21.4. The molecule has 0 saturated heterocycles. The van der Waals surface area contributed by atoms with E-state index in [1.807, 2.05) is 12.1 Å². The maximum absolute atomic E-state index is 13.0. The van der Waals surface area contributed by atoms with Crippen LogP contribution >= 0.6 is 27.3 Å². The molecule has 2 N–H and O–H groups in total. The summed E-state index contributed by atoms with van der Waals surface area (Å²) in [6, 6.07) is 7.01. The first-order valence-corrected chi connectivity index (χ1v) is 11.4. The van der Waals surface area contributed by atoms with Gasteiger partial charge in [-0.15, -0.1) is 11.3 Å². The number of hydrogen-bond donors (Lipinski definition) is 2. The lowest BCUT2D eigenvalue weighted by Crippen LogP contribution is -2.22. The lowest BCUT2D eigenvalue weighted by molar-refractivity contribution is 0.0526. The largest absolute Gasteiger partial charge is 0.462 e. The molecule has 1 aliphatic carbocycles. The highest BCUT2D eigenvalue weighted by atomic mass is 79.9. The molecule has 6 nitrogen and oxygen atoms in total. The van der Waals surface area contributed by atoms with Crippen molar-refractivity contribution in [3.8, 4) is 0 Å². The second-order valence-electron chi connectivity index (χ2n) is 7.40. The number of carbonyl (C=O) groups excluding carboxylic acids is 2. The highest BCUT2D eigenvalue weighted by molar-refractivity contribution is 9.10. The number of thiophene rings is 1. The van der Waals surface area contributed by atoms with E-state index in [4.69, 9.17) is 14.6 Å². The van der Waals surface area contributed by atoms with Crippen molar-refractivity contribution in [2.75, 3.05) is 11.9 Å². The molecular weight excluding hydrogens is 468 g/mol. The van der Waals surface area contributed by atoms with Gasteiger partial charge < -0.3 is 14.5 Å². The molecule has 1 amide bonds. The number of fused-ring (bicyclic) bond motifs is 2. The van der Waals surface area contributed by atoms with Gasteiger partial charge in [0.15, 0.2) is 0 Å². The second kappa shape index (κ2) is 8.35. The third kappa shape index (κ3) is 3.94. The van der Waals surface area contributed by atoms with Crippen LogP contribution in [0.2, 0.25) is 0 Å². The first-order chi connectivity index (χ1) is 14.4. The van der Waals surface area contributed by atoms with Crippen molar-refractivity contribution in [1.29, 1.82) is 5.41 Å². The smallest absolute Gasteiger partial charge is 0.341 e. The minimum atomic E-state index is -0.484. The molecule has 0 aliphatic heterocycles. The Bertz CT molecular complexity index is 1210. The molecule has 2 aromatic heterocycles. The number of carbonyl (C=O) groups is 2. The quantitative estimate of drug-likeness (QED) is 0.487. The molecule has 0 fully saturated rings. The number of hydrogen-bond acceptors (Lipinski definition) is 6. The summed E-state index contributed by atoms with van der Waals surface area (Å²) < 4.78 is 11.6. The lowest BCUT2D eigenvalue weighted by Gasteiger charge is -2.18. The predicted molar refractivity (Wildman–Crippen MR) is 119 cm³/mol. The predicted octanol–water partition coefficient (Wildman–Crippen LogP) is 5.29. The molecule has 30 heavy (non-hydrogen) atoms. The van der Waals surface area contributed by atoms with E-state index in [0.717, 1.165) is 34.2 Å². The number of nitrogens with one attached hydrogen (secondary N) is 2. The normalized spacial score (nSPS) is 15.6. The zero-order valence-electron chi connectivity index (χ0n) is 16.6. The van der Waals surface area contributed by atoms with E-state index in [9.17, 15) is 9.59 Å². The molecule has 156 valence electrons. The van der Waals surface area contributed by atoms with Crippen LogP contribution < -0.4 is 10.9 Å². The highest BCUT2D eigenvalue weighted by Crippen LogP contribution is 2.40. The molecule has 0 spiro atoms. The van der Waals surface area contributed by atoms with Gasteiger partial charge in [0, 0.05) is 14.7 Å². The molecule has 1 aromatic carbocycles. The summed E-state index contributed by atoms with van der Waals surface area (Å²) in [5.74, 6) is -0.367. The topological polar surface area (TPSA) is 92.4 Å². The van der Waals surface area contributed by atoms with Gasteiger partial charge in [-0.2, -0.15) is 0 Å². The highest BCUT2D eigenvalue weighted by Gasteiger charge is 2.29. The van der Waals surface area contributed by atoms with E-state index in [0.29, 0.717) is 27.5 Å². The molecule has 4 rings (SSSR count). The van der Waals surface area contributed by atoms with Gasteiger partial charge in [0.2, 0.25) is 5.55 Å². The van der Waals surface area contributed by atoms with E-state index >= 15 is 0 Å². The summed E-state index contributed by atoms with van der Waals surface area (Å²) in [5.41, 5.74) is 1.83. The average Bonchev–Trinajstić information content (AvgIpc) is 3.04. The molecule has 0 bridgehead atoms. The van der Waals surface area contributed by atoms with E-state index in [-0.39, 0.29) is 17.7 Å². The van der Waals surface area contributed by atoms with Crippen LogP contribution in [0.25, 0.3) is 11.0 Å². The molecule has 3 aromatic rings. The third-order valence-corrected chi connectivity index (χ3v) is 6.85. The Labute approximate surface area is 185 Å². The van der Waals surface area contributed by atoms with Gasteiger partial charge in [0.1, 0.15) is 16.1 Å². The molecule has 8 heteroatoms. The van der Waals surface area contributed by atoms with Crippen molar-refractivity contribution in [2.24, 2.45) is 5.92 Å². The van der Waals surface area contributed by atoms with Gasteiger partial charge >= 0.3 is 5.97 Å². The van der Waals surface area contributed by atoms with Crippen molar-refractivity contribution >= 4 is 55.1 Å². The van der Waals surface area contributed by atoms with Crippen molar-refractivity contribution in [2.45, 2.75) is 33.1 Å². The fourth-order valence-corrected chi connectivity index (χ4v) is 5.48. The van der Waals surface area contributed by atoms with E-state index in [2.05, 4.69) is 28.2 Å². The minimum Gasteiger partial charge on any atom is -0.462 e. The summed E-state index contributed by atoms with van der Waals surface area (Å²) in [6.45, 7) is 4.21. The summed E-state index contributed by atoms with van der Waals surface area (Å²) in [4.78, 5) is 26.8. The van der Waals surface area contributed by atoms with Crippen LogP contribution in [0.15, 0.2) is 33.2 Å². The third-order valence-electron chi connectivity index (χ3n) is 5.19. The van der Waals surface area contributed by atoms with Gasteiger partial charge in [0.05, 0.1) is 12.2 Å². The Balaban J connectivity index is 1.73. The summed E-state index contributed by atoms with van der Waals surface area (Å²) in [5, 5.41) is 12.2. The number of esters is 1. The zero-order valence-corrected chi connectivity index (χ0v) is 19.0. The molecular formula is C22H21BrN2O4S. The molecule has 0 radical (unpaired) electrons. The maximum Gasteiger partial charge on any atom is 0.341 e. The van der Waals surface area contributed by atoms with Gasteiger partial charge in [0.25, 0.3) is 5.91 Å². The van der Waals surface area contributed by atoms with Crippen molar-refractivity contribution in [3.63, 3.8) is 0 Å². The van der Waals surface area contributed by atoms with Crippen LogP contribution in [0.3, 0.4) is 0 Å². The first-order valence-electron chi connectivity index (χ1n) is 9.78. The Morgan fingerprint density at radius 3 is 2.93 bits per heavy atom. The van der Waals surface area contributed by atoms with Crippen LogP contribution in [0.5, 0.6) is 0 Å². The van der Waals surface area contributed by atoms with Crippen LogP contribution in [0, 0.1) is 11.3 Å². The Hall–Kier alpha value is -2.45. The van der Waals surface area contributed by atoms with Gasteiger partial charge in [-0.3, -0.25) is 10.2 Å². The summed E-state index contributed by atoms with van der Waals surface area (Å²) in [7, 11) is 0. The number of amides is 1. The maximum atomic E-state index is 13.0. The molecule has 1 atom stereocenters. The number of rotatable bonds is 4. The van der Waals surface area contributed by atoms with E-state index in [1.54, 1.807) is 19.1 Å². The Kier molecular flexibility index (Phi) is 5.79. The standard InChI is InChI=1S/C22H21BrN2O4S/c1-3-28-22(27)18-14-6-4-11(2)8-17(14)30-21(18)25-20(26)15-10-12-9-13(23)5-7-16(12)29-19(15)24/h5,7,9-11,24H,3-4,6,8H2,1-2H3,(H,25,26). The van der Waals surface area contributed by atoms with Crippen molar-refractivity contribution in [3.05, 3.63) is 55.9 Å². The minimum absolute atomic E-state index is 0.107. The first kappa shape index (κ1) is 20.8. The van der Waals surface area contributed by atoms with Crippen molar-refractivity contribution in [1.82, 2.24) is 0 Å². The SMILES string of the molecule is CCOC(=O)c1c(NC(=O)c2cc3cc(Br)ccc3oc2=N)sc2c1CCC(C)C2. The second-order valence-corrected chi connectivity index (χ2v) is 9.42. The monoisotopic (exact) mass is 488 g/mol. The van der Waals surface area contributed by atoms with Crippen molar-refractivity contribution < 1.29 is 18.7 Å². The fraction of sp³-hybridized carbons (Fsp3) is 0.318. The van der Waals surface area contributed by atoms with Gasteiger partial charge in [-0.25, -0.2) is 4.79 Å². The fourth-order valence-electron chi connectivity index (χ4n) is 3.71. The van der Waals surface area contributed by atoms with Crippen LogP contribution in [0.1, 0.15) is 51.4 Å². The Morgan fingerprint density at radius 2 is 2.17 bits per heavy atom. The molecule has 1 unspecified atom stereocenters. The van der Waals surface area contributed by atoms with Crippen LogP contribution in [0.4, 0.5) is 5.00 Å². The summed E-state index contributed by atoms with van der Waals surface area (Å²) in [6.07, 6.45) is 2.67. The molecule has 0 saturated carbocycles. The van der Waals surface area contributed by atoms with E-state index in [1.165, 1.54) is 11.3 Å². The lowest BCUT2D eigenvalue weighted by atomic mass is 9.88. The summed E-state index contributed by atoms with van der Waals surface area (Å²) >= 11 is 4.83. The van der Waals surface area contributed by atoms with E-state index < -0.39 is 11.9 Å². The molecule has 2 heterocycles. The number of anilines is 1. The Morgan fingerprint density at radius 1 is 1.37 bits per heavy atom. The average molecular weight is 489 g/mol. The number of halogens is 1. The van der Waals surface area contributed by atoms with Crippen LogP contribution in [-0.2, 0) is 17.6 Å². The number of benzene rings is 1. The van der Waals surface area contributed by atoms with Gasteiger partial charge in [-0.05, 0) is 61.9 Å². The molecule has 1 aliphatic rings. The van der Waals surface area contributed by atoms with Crippen LogP contribution in [-0.4, -0.2) is 18.5 Å².